The highest BCUT2D eigenvalue weighted by molar-refractivity contribution is 6.05. The molecule has 0 aliphatic heterocycles. The van der Waals surface area contributed by atoms with Crippen molar-refractivity contribution in [2.24, 2.45) is 0 Å². The number of hydrogen-bond donors (Lipinski definition) is 1. The number of rotatable bonds is 5. The van der Waals surface area contributed by atoms with Crippen LogP contribution in [0, 0.1) is 6.92 Å². The molecule has 8 heteroatoms. The molecule has 2 aromatic carbocycles. The maximum Gasteiger partial charge on any atom is 0.276 e. The average Bonchev–Trinajstić information content (AvgIpc) is 3.51. The van der Waals surface area contributed by atoms with Crippen molar-refractivity contribution in [2.45, 2.75) is 39.5 Å². The van der Waals surface area contributed by atoms with Gasteiger partial charge in [0.1, 0.15) is 0 Å². The van der Waals surface area contributed by atoms with E-state index in [0.717, 1.165) is 53.3 Å². The normalized spacial score (nSPS) is 12.7. The van der Waals surface area contributed by atoms with E-state index >= 15 is 0 Å². The third-order valence-corrected chi connectivity index (χ3v) is 5.72. The van der Waals surface area contributed by atoms with E-state index in [1.807, 2.05) is 54.1 Å². The second kappa shape index (κ2) is 7.79. The molecular weight excluding hydrogens is 390 g/mol. The molecule has 2 aromatic heterocycles. The van der Waals surface area contributed by atoms with Crippen molar-refractivity contribution < 1.29 is 4.79 Å². The van der Waals surface area contributed by atoms with E-state index < -0.39 is 0 Å². The number of para-hydroxylation sites is 3. The molecule has 0 saturated heterocycles. The highest BCUT2D eigenvalue weighted by Gasteiger charge is 2.28. The Morgan fingerprint density at radius 3 is 2.61 bits per heavy atom. The van der Waals surface area contributed by atoms with Gasteiger partial charge in [-0.1, -0.05) is 37.3 Å². The van der Waals surface area contributed by atoms with Crippen LogP contribution in [-0.2, 0) is 19.3 Å². The Labute approximate surface area is 179 Å². The monoisotopic (exact) mass is 413 g/mol. The lowest BCUT2D eigenvalue weighted by atomic mass is 10.1. The summed E-state index contributed by atoms with van der Waals surface area (Å²) >= 11 is 0. The van der Waals surface area contributed by atoms with Gasteiger partial charge in [-0.25, -0.2) is 4.68 Å². The van der Waals surface area contributed by atoms with E-state index in [1.165, 1.54) is 0 Å². The number of aryl methyl sites for hydroxylation is 2. The third-order valence-electron chi connectivity index (χ3n) is 5.72. The van der Waals surface area contributed by atoms with Gasteiger partial charge in [-0.3, -0.25) is 4.79 Å². The molecule has 0 atom stereocenters. The van der Waals surface area contributed by atoms with Crippen molar-refractivity contribution in [1.29, 1.82) is 0 Å². The van der Waals surface area contributed by atoms with Crippen molar-refractivity contribution >= 4 is 11.6 Å². The van der Waals surface area contributed by atoms with E-state index in [0.29, 0.717) is 17.8 Å². The number of carbonyl (C=O) groups excluding carboxylic acids is 1. The second-order valence-corrected chi connectivity index (χ2v) is 7.66. The Hall–Kier alpha value is -3.81. The molecule has 0 bridgehead atoms. The summed E-state index contributed by atoms with van der Waals surface area (Å²) in [6.07, 6.45) is 3.49. The fraction of sp³-hybridized carbons (Fsp3) is 0.261. The van der Waals surface area contributed by atoms with Gasteiger partial charge in [0.25, 0.3) is 5.91 Å². The maximum absolute atomic E-state index is 13.3. The summed E-state index contributed by atoms with van der Waals surface area (Å²) in [6.45, 7) is 4.05. The number of amides is 1. The minimum atomic E-state index is -0.218. The first-order valence-corrected chi connectivity index (χ1v) is 10.5. The number of carbonyl (C=O) groups is 1. The molecule has 156 valence electrons. The lowest BCUT2D eigenvalue weighted by molar-refractivity contribution is 0.102. The summed E-state index contributed by atoms with van der Waals surface area (Å²) in [6, 6.07) is 15.6. The summed E-state index contributed by atoms with van der Waals surface area (Å²) in [4.78, 5) is 13.3. The number of nitrogens with one attached hydrogen (secondary N) is 1. The second-order valence-electron chi connectivity index (χ2n) is 7.66. The quantitative estimate of drug-likeness (QED) is 0.541. The fourth-order valence-electron chi connectivity index (χ4n) is 4.18. The van der Waals surface area contributed by atoms with Crippen LogP contribution in [0.5, 0.6) is 0 Å². The number of aromatic nitrogens is 6. The third kappa shape index (κ3) is 3.30. The Morgan fingerprint density at radius 1 is 1.03 bits per heavy atom. The van der Waals surface area contributed by atoms with Gasteiger partial charge < -0.3 is 5.32 Å². The lowest BCUT2D eigenvalue weighted by Crippen LogP contribution is -2.17. The standard InChI is InChI=1S/C23H23N7O/c1-3-21-25-27-28-30(21)20-13-7-5-11-17(20)24-23(31)22-16-10-8-14-19(16)29(26-22)18-12-6-4-9-15(18)2/h4-7,9,11-13H,3,8,10,14H2,1-2H3,(H,24,31). The van der Waals surface area contributed by atoms with Crippen LogP contribution in [0.4, 0.5) is 5.69 Å². The largest absolute Gasteiger partial charge is 0.319 e. The van der Waals surface area contributed by atoms with E-state index in [-0.39, 0.29) is 5.91 Å². The van der Waals surface area contributed by atoms with Gasteiger partial charge in [-0.2, -0.15) is 9.78 Å². The van der Waals surface area contributed by atoms with Crippen LogP contribution in [0.3, 0.4) is 0 Å². The molecule has 0 radical (unpaired) electrons. The van der Waals surface area contributed by atoms with Gasteiger partial charge in [-0.15, -0.1) is 5.10 Å². The number of tetrazole rings is 1. The van der Waals surface area contributed by atoms with Crippen molar-refractivity contribution in [3.63, 3.8) is 0 Å². The minimum Gasteiger partial charge on any atom is -0.319 e. The molecule has 4 aromatic rings. The molecule has 5 rings (SSSR count). The van der Waals surface area contributed by atoms with Crippen LogP contribution in [0.15, 0.2) is 48.5 Å². The zero-order chi connectivity index (χ0) is 21.4. The van der Waals surface area contributed by atoms with Crippen molar-refractivity contribution in [1.82, 2.24) is 30.0 Å². The molecule has 0 unspecified atom stereocenters. The number of fused-ring (bicyclic) bond motifs is 1. The van der Waals surface area contributed by atoms with Crippen molar-refractivity contribution in [3.05, 3.63) is 76.9 Å². The van der Waals surface area contributed by atoms with E-state index in [9.17, 15) is 4.79 Å². The van der Waals surface area contributed by atoms with Crippen LogP contribution in [0.25, 0.3) is 11.4 Å². The fourth-order valence-corrected chi connectivity index (χ4v) is 4.18. The zero-order valence-electron chi connectivity index (χ0n) is 17.5. The van der Waals surface area contributed by atoms with Crippen LogP contribution in [0.2, 0.25) is 0 Å². The summed E-state index contributed by atoms with van der Waals surface area (Å²) in [5.74, 6) is 0.510. The Kier molecular flexibility index (Phi) is 4.82. The van der Waals surface area contributed by atoms with Gasteiger partial charge in [0.15, 0.2) is 11.5 Å². The summed E-state index contributed by atoms with van der Waals surface area (Å²) < 4.78 is 3.60. The molecule has 1 aliphatic rings. The van der Waals surface area contributed by atoms with Gasteiger partial charge >= 0.3 is 0 Å². The zero-order valence-corrected chi connectivity index (χ0v) is 17.5. The Bertz CT molecular complexity index is 1270. The first-order chi connectivity index (χ1) is 15.2. The summed E-state index contributed by atoms with van der Waals surface area (Å²) in [5.41, 5.74) is 6.16. The van der Waals surface area contributed by atoms with Gasteiger partial charge in [0.05, 0.1) is 17.1 Å². The van der Waals surface area contributed by atoms with Crippen molar-refractivity contribution in [3.8, 4) is 11.4 Å². The lowest BCUT2D eigenvalue weighted by Gasteiger charge is -2.11. The molecule has 0 saturated carbocycles. The van der Waals surface area contributed by atoms with Crippen LogP contribution >= 0.6 is 0 Å². The highest BCUT2D eigenvalue weighted by Crippen LogP contribution is 2.30. The molecule has 0 fully saturated rings. The molecule has 2 heterocycles. The van der Waals surface area contributed by atoms with Gasteiger partial charge in [-0.05, 0) is 60.4 Å². The maximum atomic E-state index is 13.3. The van der Waals surface area contributed by atoms with E-state index in [4.69, 9.17) is 5.10 Å². The minimum absolute atomic E-state index is 0.218. The summed E-state index contributed by atoms with van der Waals surface area (Å²) in [5, 5.41) is 19.7. The van der Waals surface area contributed by atoms with E-state index in [1.54, 1.807) is 4.68 Å². The number of nitrogens with zero attached hydrogens (tertiary/aromatic N) is 6. The first kappa shape index (κ1) is 19.2. The molecule has 8 nitrogen and oxygen atoms in total. The molecular formula is C23H23N7O. The molecule has 0 spiro atoms. The van der Waals surface area contributed by atoms with Crippen LogP contribution < -0.4 is 5.32 Å². The van der Waals surface area contributed by atoms with Crippen LogP contribution in [0.1, 0.15) is 46.5 Å². The van der Waals surface area contributed by atoms with Crippen molar-refractivity contribution in [2.75, 3.05) is 5.32 Å². The average molecular weight is 413 g/mol. The smallest absolute Gasteiger partial charge is 0.276 e. The number of benzene rings is 2. The molecule has 1 amide bonds. The number of hydrogen-bond acceptors (Lipinski definition) is 5. The number of anilines is 1. The molecule has 1 aliphatic carbocycles. The SMILES string of the molecule is CCc1nnnn1-c1ccccc1NC(=O)c1nn(-c2ccccc2C)c2c1CCC2. The highest BCUT2D eigenvalue weighted by atomic mass is 16.2. The molecule has 31 heavy (non-hydrogen) atoms. The molecule has 1 N–H and O–H groups in total. The van der Waals surface area contributed by atoms with Crippen LogP contribution in [-0.4, -0.2) is 35.9 Å². The van der Waals surface area contributed by atoms with Gasteiger partial charge in [0, 0.05) is 17.7 Å². The topological polar surface area (TPSA) is 90.5 Å². The Morgan fingerprint density at radius 2 is 1.81 bits per heavy atom. The predicted octanol–water partition coefficient (Wildman–Crippen LogP) is 3.46. The Balaban J connectivity index is 1.52. The summed E-state index contributed by atoms with van der Waals surface area (Å²) in [7, 11) is 0. The predicted molar refractivity (Wildman–Crippen MR) is 117 cm³/mol. The van der Waals surface area contributed by atoms with E-state index in [2.05, 4.69) is 33.8 Å². The van der Waals surface area contributed by atoms with Gasteiger partial charge in [0.2, 0.25) is 0 Å². The first-order valence-electron chi connectivity index (χ1n) is 10.5.